The number of carbonyl (C=O) groups is 3. The average molecular weight is 414 g/mol. The molecule has 146 valence electrons. The Balaban J connectivity index is 1.90. The molecule has 0 saturated carbocycles. The highest BCUT2D eigenvalue weighted by molar-refractivity contribution is 6.44. The van der Waals surface area contributed by atoms with Crippen molar-refractivity contribution in [1.82, 2.24) is 10.2 Å². The van der Waals surface area contributed by atoms with Crippen LogP contribution in [0.25, 0.3) is 6.08 Å². The molecule has 2 amide bonds. The standard InChI is InChI=1S/C18H21Cl2N3O4/c1-10(18(26)27)22-17(25)12-6-8-23(9-7-12)14(24)5-3-11-2-4-13(21)16(20)15(11)19/h2-5,10,12H,6-9,21H2,1H3,(H,22,25)(H,26,27)/b5-3+/t10-/m0/s1. The summed E-state index contributed by atoms with van der Waals surface area (Å²) in [6.07, 6.45) is 3.93. The van der Waals surface area contributed by atoms with Crippen LogP contribution in [0.3, 0.4) is 0 Å². The van der Waals surface area contributed by atoms with Gasteiger partial charge >= 0.3 is 5.97 Å². The van der Waals surface area contributed by atoms with E-state index in [4.69, 9.17) is 34.0 Å². The van der Waals surface area contributed by atoms with Crippen molar-refractivity contribution in [2.24, 2.45) is 5.92 Å². The summed E-state index contributed by atoms with van der Waals surface area (Å²) in [6.45, 7) is 2.25. The summed E-state index contributed by atoms with van der Waals surface area (Å²) in [6, 6.07) is 2.35. The Morgan fingerprint density at radius 1 is 1.26 bits per heavy atom. The summed E-state index contributed by atoms with van der Waals surface area (Å²) in [7, 11) is 0. The number of carbonyl (C=O) groups excluding carboxylic acids is 2. The van der Waals surface area contributed by atoms with Crippen LogP contribution in [0.1, 0.15) is 25.3 Å². The van der Waals surface area contributed by atoms with Crippen molar-refractivity contribution in [3.63, 3.8) is 0 Å². The Hall–Kier alpha value is -2.25. The predicted octanol–water partition coefficient (Wildman–Crippen LogP) is 2.42. The zero-order valence-electron chi connectivity index (χ0n) is 14.7. The molecule has 0 spiro atoms. The Labute approximate surface area is 167 Å². The molecule has 4 N–H and O–H groups in total. The summed E-state index contributed by atoms with van der Waals surface area (Å²) in [5, 5.41) is 11.8. The zero-order chi connectivity index (χ0) is 20.1. The minimum atomic E-state index is -1.08. The molecule has 1 heterocycles. The van der Waals surface area contributed by atoms with Crippen molar-refractivity contribution < 1.29 is 19.5 Å². The van der Waals surface area contributed by atoms with Crippen LogP contribution in [-0.2, 0) is 14.4 Å². The Kier molecular flexibility index (Phi) is 7.10. The molecule has 1 atom stereocenters. The summed E-state index contributed by atoms with van der Waals surface area (Å²) < 4.78 is 0. The number of halogens is 2. The monoisotopic (exact) mass is 413 g/mol. The maximum absolute atomic E-state index is 12.3. The summed E-state index contributed by atoms with van der Waals surface area (Å²) in [4.78, 5) is 36.9. The number of nitrogens with zero attached hydrogens (tertiary/aromatic N) is 1. The number of aliphatic carboxylic acids is 1. The Morgan fingerprint density at radius 3 is 2.48 bits per heavy atom. The van der Waals surface area contributed by atoms with Crippen molar-refractivity contribution in [1.29, 1.82) is 0 Å². The van der Waals surface area contributed by atoms with Crippen LogP contribution in [0.15, 0.2) is 18.2 Å². The first-order valence-electron chi connectivity index (χ1n) is 8.44. The first-order chi connectivity index (χ1) is 12.7. The van der Waals surface area contributed by atoms with E-state index >= 15 is 0 Å². The summed E-state index contributed by atoms with van der Waals surface area (Å²) in [5.74, 6) is -1.87. The number of nitrogen functional groups attached to an aromatic ring is 1. The highest BCUT2D eigenvalue weighted by Gasteiger charge is 2.28. The molecular formula is C18H21Cl2N3O4. The Bertz CT molecular complexity index is 774. The van der Waals surface area contributed by atoms with Gasteiger partial charge in [-0.1, -0.05) is 29.3 Å². The number of benzene rings is 1. The quantitative estimate of drug-likeness (QED) is 0.506. The fourth-order valence-electron chi connectivity index (χ4n) is 2.73. The third-order valence-corrected chi connectivity index (χ3v) is 5.37. The number of piperidine rings is 1. The fourth-order valence-corrected chi connectivity index (χ4v) is 3.14. The third-order valence-electron chi connectivity index (χ3n) is 4.45. The second-order valence-corrected chi connectivity index (χ2v) is 7.13. The highest BCUT2D eigenvalue weighted by Crippen LogP contribution is 2.31. The molecule has 27 heavy (non-hydrogen) atoms. The number of anilines is 1. The van der Waals surface area contributed by atoms with Gasteiger partial charge in [0.1, 0.15) is 6.04 Å². The SMILES string of the molecule is C[C@H](NC(=O)C1CCN(C(=O)/C=C/c2ccc(N)c(Cl)c2Cl)CC1)C(=O)O. The smallest absolute Gasteiger partial charge is 0.325 e. The van der Waals surface area contributed by atoms with Gasteiger partial charge in [0, 0.05) is 25.1 Å². The lowest BCUT2D eigenvalue weighted by Crippen LogP contribution is -2.46. The first kappa shape index (κ1) is 21.1. The van der Waals surface area contributed by atoms with Gasteiger partial charge in [0.2, 0.25) is 11.8 Å². The van der Waals surface area contributed by atoms with Gasteiger partial charge in [0.05, 0.1) is 15.7 Å². The predicted molar refractivity (Wildman–Crippen MR) is 104 cm³/mol. The van der Waals surface area contributed by atoms with Crippen molar-refractivity contribution in [2.45, 2.75) is 25.8 Å². The highest BCUT2D eigenvalue weighted by atomic mass is 35.5. The van der Waals surface area contributed by atoms with E-state index < -0.39 is 12.0 Å². The van der Waals surface area contributed by atoms with E-state index in [-0.39, 0.29) is 27.8 Å². The van der Waals surface area contributed by atoms with E-state index in [0.29, 0.717) is 37.2 Å². The van der Waals surface area contributed by atoms with Gasteiger partial charge in [-0.3, -0.25) is 14.4 Å². The topological polar surface area (TPSA) is 113 Å². The molecule has 1 aromatic carbocycles. The van der Waals surface area contributed by atoms with Crippen molar-refractivity contribution in [3.05, 3.63) is 33.8 Å². The summed E-state index contributed by atoms with van der Waals surface area (Å²) >= 11 is 12.1. The van der Waals surface area contributed by atoms with Crippen LogP contribution in [-0.4, -0.2) is 46.9 Å². The molecule has 1 saturated heterocycles. The number of carboxylic acid groups (broad SMARTS) is 1. The van der Waals surface area contributed by atoms with E-state index in [2.05, 4.69) is 5.32 Å². The van der Waals surface area contributed by atoms with Crippen LogP contribution in [0, 0.1) is 5.92 Å². The van der Waals surface area contributed by atoms with E-state index in [1.165, 1.54) is 13.0 Å². The lowest BCUT2D eigenvalue weighted by molar-refractivity contribution is -0.142. The number of hydrogen-bond acceptors (Lipinski definition) is 4. The van der Waals surface area contributed by atoms with Crippen LogP contribution in [0.4, 0.5) is 5.69 Å². The molecule has 0 aromatic heterocycles. The van der Waals surface area contributed by atoms with Crippen LogP contribution >= 0.6 is 23.2 Å². The molecule has 1 fully saturated rings. The molecule has 0 bridgehead atoms. The first-order valence-corrected chi connectivity index (χ1v) is 9.20. The Morgan fingerprint density at radius 2 is 1.89 bits per heavy atom. The molecular weight excluding hydrogens is 393 g/mol. The van der Waals surface area contributed by atoms with E-state index in [0.717, 1.165) is 0 Å². The number of likely N-dealkylation sites (tertiary alicyclic amines) is 1. The van der Waals surface area contributed by atoms with Gasteiger partial charge in [0.25, 0.3) is 0 Å². The third kappa shape index (κ3) is 5.37. The largest absolute Gasteiger partial charge is 0.480 e. The summed E-state index contributed by atoms with van der Waals surface area (Å²) in [5.41, 5.74) is 6.61. The van der Waals surface area contributed by atoms with Gasteiger partial charge in [-0.15, -0.1) is 0 Å². The number of rotatable bonds is 5. The maximum atomic E-state index is 12.3. The van der Waals surface area contributed by atoms with Crippen LogP contribution in [0.5, 0.6) is 0 Å². The second-order valence-electron chi connectivity index (χ2n) is 6.37. The zero-order valence-corrected chi connectivity index (χ0v) is 16.3. The van der Waals surface area contributed by atoms with Gasteiger partial charge in [-0.25, -0.2) is 0 Å². The van der Waals surface area contributed by atoms with Crippen LogP contribution < -0.4 is 11.1 Å². The molecule has 1 aliphatic rings. The minimum absolute atomic E-state index is 0.197. The molecule has 1 aliphatic heterocycles. The molecule has 0 unspecified atom stereocenters. The van der Waals surface area contributed by atoms with E-state index in [9.17, 15) is 14.4 Å². The lowest BCUT2D eigenvalue weighted by atomic mass is 9.95. The average Bonchev–Trinajstić information content (AvgIpc) is 2.65. The maximum Gasteiger partial charge on any atom is 0.325 e. The van der Waals surface area contributed by atoms with E-state index in [1.54, 1.807) is 23.1 Å². The van der Waals surface area contributed by atoms with Gasteiger partial charge in [0.15, 0.2) is 0 Å². The number of hydrogen-bond donors (Lipinski definition) is 3. The molecule has 1 aromatic rings. The minimum Gasteiger partial charge on any atom is -0.480 e. The van der Waals surface area contributed by atoms with Crippen molar-refractivity contribution in [2.75, 3.05) is 18.8 Å². The van der Waals surface area contributed by atoms with Gasteiger partial charge < -0.3 is 21.1 Å². The second kappa shape index (κ2) is 9.10. The van der Waals surface area contributed by atoms with Gasteiger partial charge in [-0.2, -0.15) is 0 Å². The fraction of sp³-hybridized carbons (Fsp3) is 0.389. The number of nitrogens with two attached hydrogens (primary N) is 1. The molecule has 7 nitrogen and oxygen atoms in total. The number of amides is 2. The molecule has 9 heteroatoms. The lowest BCUT2D eigenvalue weighted by Gasteiger charge is -2.31. The van der Waals surface area contributed by atoms with Gasteiger partial charge in [-0.05, 0) is 37.5 Å². The molecule has 2 rings (SSSR count). The van der Waals surface area contributed by atoms with Crippen LogP contribution in [0.2, 0.25) is 10.0 Å². The van der Waals surface area contributed by atoms with Crippen molar-refractivity contribution >= 4 is 52.7 Å². The van der Waals surface area contributed by atoms with Crippen molar-refractivity contribution in [3.8, 4) is 0 Å². The normalized spacial score (nSPS) is 16.3. The molecule has 0 aliphatic carbocycles. The number of carboxylic acids is 1. The molecule has 0 radical (unpaired) electrons. The van der Waals surface area contributed by atoms with E-state index in [1.807, 2.05) is 0 Å². The number of nitrogens with one attached hydrogen (secondary N) is 1.